The van der Waals surface area contributed by atoms with E-state index in [1.807, 2.05) is 11.8 Å². The predicted molar refractivity (Wildman–Crippen MR) is 65.3 cm³/mol. The molecule has 1 heterocycles. The van der Waals surface area contributed by atoms with Crippen LogP contribution in [0.15, 0.2) is 18.2 Å². The zero-order chi connectivity index (χ0) is 13.3. The molecular formula is C12H13N3O3. The maximum absolute atomic E-state index is 10.8. The summed E-state index contributed by atoms with van der Waals surface area (Å²) in [7, 11) is 0. The van der Waals surface area contributed by atoms with Gasteiger partial charge in [-0.15, -0.1) is 0 Å². The number of nitriles is 1. The van der Waals surface area contributed by atoms with Crippen LogP contribution >= 0.6 is 0 Å². The third-order valence-corrected chi connectivity index (χ3v) is 3.29. The van der Waals surface area contributed by atoms with Crippen molar-refractivity contribution in [2.75, 3.05) is 18.0 Å². The Morgan fingerprint density at radius 2 is 2.28 bits per heavy atom. The summed E-state index contributed by atoms with van der Waals surface area (Å²) in [5.41, 5.74) is -0.168. The minimum atomic E-state index is -0.692. The van der Waals surface area contributed by atoms with Crippen LogP contribution in [0.3, 0.4) is 0 Å². The van der Waals surface area contributed by atoms with Crippen LogP contribution < -0.4 is 4.90 Å². The number of rotatable bonds is 3. The molecule has 0 unspecified atom stereocenters. The molecule has 6 nitrogen and oxygen atoms in total. The van der Waals surface area contributed by atoms with Crippen molar-refractivity contribution in [2.45, 2.75) is 18.9 Å². The third-order valence-electron chi connectivity index (χ3n) is 3.29. The SMILES string of the molecule is CCC1(O)CN(c2ccc(C#N)c([N+](=O)[O-])c2)C1. The molecule has 18 heavy (non-hydrogen) atoms. The molecule has 1 N–H and O–H groups in total. The molecule has 1 aliphatic heterocycles. The Morgan fingerprint density at radius 3 is 2.78 bits per heavy atom. The third kappa shape index (κ3) is 2.00. The number of benzene rings is 1. The van der Waals surface area contributed by atoms with Crippen LogP contribution in [0.4, 0.5) is 11.4 Å². The lowest BCUT2D eigenvalue weighted by molar-refractivity contribution is -0.385. The fourth-order valence-corrected chi connectivity index (χ4v) is 2.03. The first-order valence-corrected chi connectivity index (χ1v) is 5.65. The van der Waals surface area contributed by atoms with E-state index in [9.17, 15) is 15.2 Å². The number of nitro benzene ring substituents is 1. The zero-order valence-electron chi connectivity index (χ0n) is 9.96. The van der Waals surface area contributed by atoms with Gasteiger partial charge >= 0.3 is 0 Å². The van der Waals surface area contributed by atoms with E-state index >= 15 is 0 Å². The molecule has 0 amide bonds. The highest BCUT2D eigenvalue weighted by Gasteiger charge is 2.39. The molecule has 1 aromatic carbocycles. The van der Waals surface area contributed by atoms with Crippen LogP contribution in [0.25, 0.3) is 0 Å². The summed E-state index contributed by atoms with van der Waals surface area (Å²) in [5.74, 6) is 0. The van der Waals surface area contributed by atoms with Gasteiger partial charge in [-0.2, -0.15) is 5.26 Å². The van der Waals surface area contributed by atoms with Crippen molar-refractivity contribution >= 4 is 11.4 Å². The van der Waals surface area contributed by atoms with Crippen molar-refractivity contribution in [1.82, 2.24) is 0 Å². The Kier molecular flexibility index (Phi) is 2.93. The van der Waals surface area contributed by atoms with Gasteiger partial charge in [0.1, 0.15) is 11.6 Å². The van der Waals surface area contributed by atoms with Gasteiger partial charge in [-0.3, -0.25) is 10.1 Å². The van der Waals surface area contributed by atoms with Gasteiger partial charge in [-0.05, 0) is 18.6 Å². The number of nitrogens with zero attached hydrogens (tertiary/aromatic N) is 3. The maximum Gasteiger partial charge on any atom is 0.289 e. The number of hydrogen-bond donors (Lipinski definition) is 1. The van der Waals surface area contributed by atoms with Gasteiger partial charge < -0.3 is 10.0 Å². The largest absolute Gasteiger partial charge is 0.386 e. The van der Waals surface area contributed by atoms with Crippen LogP contribution in [0.1, 0.15) is 18.9 Å². The van der Waals surface area contributed by atoms with Gasteiger partial charge in [-0.1, -0.05) is 6.92 Å². The first-order valence-electron chi connectivity index (χ1n) is 5.65. The summed E-state index contributed by atoms with van der Waals surface area (Å²) < 4.78 is 0. The smallest absolute Gasteiger partial charge is 0.289 e. The Hall–Kier alpha value is -2.13. The minimum absolute atomic E-state index is 0.0510. The second-order valence-electron chi connectivity index (χ2n) is 4.50. The predicted octanol–water partition coefficient (Wildman–Crippen LogP) is 1.43. The van der Waals surface area contributed by atoms with Crippen molar-refractivity contribution < 1.29 is 10.0 Å². The summed E-state index contributed by atoms with van der Waals surface area (Å²) in [4.78, 5) is 12.1. The second-order valence-corrected chi connectivity index (χ2v) is 4.50. The average Bonchev–Trinajstić information content (AvgIpc) is 2.34. The monoisotopic (exact) mass is 247 g/mol. The van der Waals surface area contributed by atoms with Crippen molar-refractivity contribution in [3.8, 4) is 6.07 Å². The summed E-state index contributed by atoms with van der Waals surface area (Å²) in [6.45, 7) is 2.83. The molecule has 0 radical (unpaired) electrons. The standard InChI is InChI=1S/C12H13N3O3/c1-2-12(16)7-14(8-12)10-4-3-9(6-13)11(5-10)15(17)18/h3-5,16H,2,7-8H2,1H3. The molecule has 0 saturated carbocycles. The van der Waals surface area contributed by atoms with Gasteiger partial charge in [0.25, 0.3) is 5.69 Å². The van der Waals surface area contributed by atoms with E-state index in [1.54, 1.807) is 12.1 Å². The lowest BCUT2D eigenvalue weighted by Crippen LogP contribution is -2.61. The highest BCUT2D eigenvalue weighted by molar-refractivity contribution is 5.61. The maximum atomic E-state index is 10.8. The molecular weight excluding hydrogens is 234 g/mol. The summed E-state index contributed by atoms with van der Waals surface area (Å²) >= 11 is 0. The Balaban J connectivity index is 2.25. The Morgan fingerprint density at radius 1 is 1.61 bits per heavy atom. The number of hydrogen-bond acceptors (Lipinski definition) is 5. The van der Waals surface area contributed by atoms with Gasteiger partial charge in [0.2, 0.25) is 0 Å². The molecule has 1 aliphatic rings. The molecule has 0 atom stereocenters. The van der Waals surface area contributed by atoms with Crippen molar-refractivity contribution in [2.24, 2.45) is 0 Å². The molecule has 0 aliphatic carbocycles. The van der Waals surface area contributed by atoms with Crippen LogP contribution in [0.5, 0.6) is 0 Å². The molecule has 0 spiro atoms. The van der Waals surface area contributed by atoms with Gasteiger partial charge in [0.05, 0.1) is 10.5 Å². The first-order chi connectivity index (χ1) is 8.49. The van der Waals surface area contributed by atoms with E-state index in [1.165, 1.54) is 12.1 Å². The lowest BCUT2D eigenvalue weighted by atomic mass is 9.90. The minimum Gasteiger partial charge on any atom is -0.386 e. The number of nitro groups is 1. The summed E-state index contributed by atoms with van der Waals surface area (Å²) in [6.07, 6.45) is 0.655. The van der Waals surface area contributed by atoms with Crippen LogP contribution in [0.2, 0.25) is 0 Å². The Bertz CT molecular complexity index is 530. The molecule has 1 fully saturated rings. The van der Waals surface area contributed by atoms with E-state index in [2.05, 4.69) is 0 Å². The van der Waals surface area contributed by atoms with E-state index in [4.69, 9.17) is 5.26 Å². The first kappa shape index (κ1) is 12.3. The average molecular weight is 247 g/mol. The van der Waals surface area contributed by atoms with Crippen molar-refractivity contribution in [3.63, 3.8) is 0 Å². The zero-order valence-corrected chi connectivity index (χ0v) is 9.96. The number of anilines is 1. The van der Waals surface area contributed by atoms with Gasteiger partial charge in [-0.25, -0.2) is 0 Å². The molecule has 0 bridgehead atoms. The summed E-state index contributed by atoms with van der Waals surface area (Å²) in [5, 5.41) is 29.5. The van der Waals surface area contributed by atoms with Crippen LogP contribution in [0, 0.1) is 21.4 Å². The van der Waals surface area contributed by atoms with E-state index in [0.29, 0.717) is 25.2 Å². The topological polar surface area (TPSA) is 90.4 Å². The van der Waals surface area contributed by atoms with E-state index in [-0.39, 0.29) is 11.3 Å². The fourth-order valence-electron chi connectivity index (χ4n) is 2.03. The number of β-amino-alcohol motifs (C(OH)–C–C–N with tert-alkyl or cyclic N) is 1. The molecule has 0 aromatic heterocycles. The number of aliphatic hydroxyl groups is 1. The molecule has 2 rings (SSSR count). The Labute approximate surface area is 104 Å². The molecule has 1 aromatic rings. The van der Waals surface area contributed by atoms with Crippen LogP contribution in [-0.2, 0) is 0 Å². The van der Waals surface area contributed by atoms with Gasteiger partial charge in [0, 0.05) is 24.8 Å². The molecule has 1 saturated heterocycles. The van der Waals surface area contributed by atoms with Crippen LogP contribution in [-0.4, -0.2) is 28.7 Å². The van der Waals surface area contributed by atoms with E-state index in [0.717, 1.165) is 0 Å². The van der Waals surface area contributed by atoms with Crippen molar-refractivity contribution in [1.29, 1.82) is 5.26 Å². The van der Waals surface area contributed by atoms with E-state index < -0.39 is 10.5 Å². The quantitative estimate of drug-likeness (QED) is 0.644. The lowest BCUT2D eigenvalue weighted by Gasteiger charge is -2.47. The van der Waals surface area contributed by atoms with Gasteiger partial charge in [0.15, 0.2) is 0 Å². The second kappa shape index (κ2) is 4.27. The highest BCUT2D eigenvalue weighted by atomic mass is 16.6. The highest BCUT2D eigenvalue weighted by Crippen LogP contribution is 2.32. The summed E-state index contributed by atoms with van der Waals surface area (Å²) in [6, 6.07) is 6.29. The molecule has 6 heteroatoms. The molecule has 94 valence electrons. The normalized spacial score (nSPS) is 16.8. The van der Waals surface area contributed by atoms with Crippen molar-refractivity contribution in [3.05, 3.63) is 33.9 Å². The fraction of sp³-hybridized carbons (Fsp3) is 0.417.